The first-order valence-electron chi connectivity index (χ1n) is 10.9. The zero-order chi connectivity index (χ0) is 23.9. The van der Waals surface area contributed by atoms with Gasteiger partial charge in [-0.2, -0.15) is 0 Å². The second kappa shape index (κ2) is 8.42. The van der Waals surface area contributed by atoms with Crippen molar-refractivity contribution in [3.8, 4) is 11.5 Å². The minimum absolute atomic E-state index is 0.186. The molecule has 2 aliphatic rings. The Morgan fingerprint density at radius 1 is 1.09 bits per heavy atom. The van der Waals surface area contributed by atoms with E-state index >= 15 is 0 Å². The lowest BCUT2D eigenvalue weighted by atomic mass is 9.85. The van der Waals surface area contributed by atoms with Crippen molar-refractivity contribution in [1.29, 1.82) is 0 Å². The molecule has 2 aromatic rings. The maximum atomic E-state index is 13.8. The average molecular weight is 453 g/mol. The average Bonchev–Trinajstić information content (AvgIpc) is 3.23. The Morgan fingerprint density at radius 2 is 1.79 bits per heavy atom. The van der Waals surface area contributed by atoms with Crippen LogP contribution in [0.4, 0.5) is 10.5 Å². The van der Waals surface area contributed by atoms with Crippen molar-refractivity contribution >= 4 is 23.6 Å². The number of benzene rings is 2. The molecule has 3 atom stereocenters. The maximum Gasteiger partial charge on any atom is 0.332 e. The molecule has 0 saturated carbocycles. The zero-order valence-electron chi connectivity index (χ0n) is 19.5. The molecular weight excluding hydrogens is 424 g/mol. The van der Waals surface area contributed by atoms with Crippen molar-refractivity contribution in [2.24, 2.45) is 5.92 Å². The third-order valence-electron chi connectivity index (χ3n) is 6.65. The van der Waals surface area contributed by atoms with E-state index in [9.17, 15) is 14.4 Å². The summed E-state index contributed by atoms with van der Waals surface area (Å²) in [6, 6.07) is 11.4. The monoisotopic (exact) mass is 452 g/mol. The zero-order valence-corrected chi connectivity index (χ0v) is 19.5. The number of rotatable bonds is 6. The van der Waals surface area contributed by atoms with Gasteiger partial charge in [0, 0.05) is 11.6 Å². The Morgan fingerprint density at radius 3 is 2.39 bits per heavy atom. The van der Waals surface area contributed by atoms with Crippen LogP contribution in [-0.4, -0.2) is 49.2 Å². The molecular formula is C25H28N2O6. The highest BCUT2D eigenvalue weighted by molar-refractivity contribution is 6.24. The summed E-state index contributed by atoms with van der Waals surface area (Å²) in [5.74, 6) is -0.638. The predicted molar refractivity (Wildman–Crippen MR) is 121 cm³/mol. The molecule has 0 aliphatic carbocycles. The molecule has 2 fully saturated rings. The molecule has 33 heavy (non-hydrogen) atoms. The van der Waals surface area contributed by atoms with Crippen LogP contribution in [0.25, 0.3) is 0 Å². The van der Waals surface area contributed by atoms with E-state index in [0.29, 0.717) is 22.7 Å². The summed E-state index contributed by atoms with van der Waals surface area (Å²) in [6.45, 7) is 5.49. The van der Waals surface area contributed by atoms with Gasteiger partial charge in [-0.3, -0.25) is 9.59 Å². The molecule has 0 spiro atoms. The minimum Gasteiger partial charge on any atom is -0.497 e. The highest BCUT2D eigenvalue weighted by Crippen LogP contribution is 2.54. The van der Waals surface area contributed by atoms with Gasteiger partial charge in [0.15, 0.2) is 0 Å². The molecule has 2 saturated heterocycles. The lowest BCUT2D eigenvalue weighted by Crippen LogP contribution is -2.50. The summed E-state index contributed by atoms with van der Waals surface area (Å²) in [4.78, 5) is 43.2. The largest absolute Gasteiger partial charge is 0.497 e. The molecule has 2 heterocycles. The molecule has 8 heteroatoms. The fourth-order valence-electron chi connectivity index (χ4n) is 4.90. The number of imide groups is 1. The molecule has 0 bridgehead atoms. The van der Waals surface area contributed by atoms with Gasteiger partial charge in [-0.1, -0.05) is 17.7 Å². The number of ether oxygens (including phenoxy) is 3. The first-order chi connectivity index (χ1) is 15.8. The molecule has 0 N–H and O–H groups in total. The van der Waals surface area contributed by atoms with Crippen LogP contribution in [0.2, 0.25) is 0 Å². The summed E-state index contributed by atoms with van der Waals surface area (Å²) < 4.78 is 16.2. The van der Waals surface area contributed by atoms with E-state index in [1.165, 1.54) is 12.0 Å². The topological polar surface area (TPSA) is 85.4 Å². The van der Waals surface area contributed by atoms with Crippen LogP contribution in [0, 0.1) is 12.8 Å². The van der Waals surface area contributed by atoms with Crippen LogP contribution in [0.5, 0.6) is 11.5 Å². The third kappa shape index (κ3) is 3.41. The Hall–Kier alpha value is -3.55. The van der Waals surface area contributed by atoms with Crippen LogP contribution >= 0.6 is 0 Å². The SMILES string of the molecule is CCOC(=O)[C@@H]1C[C@H](c2ccc(OC)cc2OC)N2C(=O)N(c3ccc(C)cc3)C(=O)[C@@]12C. The number of anilines is 1. The van der Waals surface area contributed by atoms with Gasteiger partial charge in [0.05, 0.1) is 38.5 Å². The van der Waals surface area contributed by atoms with Gasteiger partial charge in [-0.15, -0.1) is 0 Å². The quantitative estimate of drug-likeness (QED) is 0.489. The number of hydrogen-bond donors (Lipinski definition) is 0. The van der Waals surface area contributed by atoms with Gasteiger partial charge in [-0.25, -0.2) is 9.69 Å². The van der Waals surface area contributed by atoms with Crippen molar-refractivity contribution < 1.29 is 28.6 Å². The van der Waals surface area contributed by atoms with Crippen LogP contribution in [0.15, 0.2) is 42.5 Å². The van der Waals surface area contributed by atoms with Crippen molar-refractivity contribution in [1.82, 2.24) is 4.90 Å². The molecule has 0 radical (unpaired) electrons. The molecule has 2 aromatic carbocycles. The summed E-state index contributed by atoms with van der Waals surface area (Å²) >= 11 is 0. The third-order valence-corrected chi connectivity index (χ3v) is 6.65. The minimum atomic E-state index is -1.39. The molecule has 0 unspecified atom stereocenters. The number of esters is 1. The van der Waals surface area contributed by atoms with Crippen LogP contribution < -0.4 is 14.4 Å². The number of urea groups is 1. The Balaban J connectivity index is 1.84. The summed E-state index contributed by atoms with van der Waals surface area (Å²) in [5, 5.41) is 0. The van der Waals surface area contributed by atoms with E-state index in [1.54, 1.807) is 45.2 Å². The number of methoxy groups -OCH3 is 2. The van der Waals surface area contributed by atoms with Crippen molar-refractivity contribution in [2.45, 2.75) is 38.8 Å². The maximum absolute atomic E-state index is 13.8. The van der Waals surface area contributed by atoms with E-state index < -0.39 is 35.4 Å². The number of carbonyl (C=O) groups is 3. The number of amides is 3. The van der Waals surface area contributed by atoms with Crippen molar-refractivity contribution in [3.05, 3.63) is 53.6 Å². The number of nitrogens with zero attached hydrogens (tertiary/aromatic N) is 2. The second-order valence-electron chi connectivity index (χ2n) is 8.44. The fourth-order valence-corrected chi connectivity index (χ4v) is 4.90. The van der Waals surface area contributed by atoms with Gasteiger partial charge in [0.25, 0.3) is 5.91 Å². The molecule has 0 aromatic heterocycles. The Bertz CT molecular complexity index is 1100. The van der Waals surface area contributed by atoms with Crippen molar-refractivity contribution in [3.63, 3.8) is 0 Å². The second-order valence-corrected chi connectivity index (χ2v) is 8.44. The van der Waals surface area contributed by atoms with E-state index in [4.69, 9.17) is 14.2 Å². The number of hydrogen-bond acceptors (Lipinski definition) is 6. The predicted octanol–water partition coefficient (Wildman–Crippen LogP) is 3.86. The number of fused-ring (bicyclic) bond motifs is 1. The molecule has 3 amide bonds. The van der Waals surface area contributed by atoms with Gasteiger partial charge in [0.1, 0.15) is 17.0 Å². The standard InChI is InChI=1S/C25H28N2O6/c1-6-33-22(28)19-14-20(18-12-11-17(31-4)13-21(18)32-5)27-24(30)26(23(29)25(19,27)3)16-9-7-15(2)8-10-16/h7-13,19-20H,6,14H2,1-5H3/t19-,20+,25+/m0/s1. The summed E-state index contributed by atoms with van der Waals surface area (Å²) in [7, 11) is 3.09. The molecule has 174 valence electrons. The Kier molecular flexibility index (Phi) is 5.78. The van der Waals surface area contributed by atoms with Crippen LogP contribution in [-0.2, 0) is 14.3 Å². The lowest BCUT2D eigenvalue weighted by molar-refractivity contribution is -0.152. The lowest BCUT2D eigenvalue weighted by Gasteiger charge is -2.31. The van der Waals surface area contributed by atoms with E-state index in [-0.39, 0.29) is 13.0 Å². The van der Waals surface area contributed by atoms with Gasteiger partial charge < -0.3 is 19.1 Å². The molecule has 8 nitrogen and oxygen atoms in total. The molecule has 2 aliphatic heterocycles. The van der Waals surface area contributed by atoms with Gasteiger partial charge >= 0.3 is 12.0 Å². The fraction of sp³-hybridized carbons (Fsp3) is 0.400. The first-order valence-corrected chi connectivity index (χ1v) is 10.9. The van der Waals surface area contributed by atoms with E-state index in [2.05, 4.69) is 0 Å². The molecule has 4 rings (SSSR count). The summed E-state index contributed by atoms with van der Waals surface area (Å²) in [6.07, 6.45) is 0.247. The Labute approximate surface area is 193 Å². The normalized spacial score (nSPS) is 24.2. The highest BCUT2D eigenvalue weighted by atomic mass is 16.5. The van der Waals surface area contributed by atoms with E-state index in [0.717, 1.165) is 10.5 Å². The van der Waals surface area contributed by atoms with Gasteiger partial charge in [0.2, 0.25) is 0 Å². The number of carbonyl (C=O) groups excluding carboxylic acids is 3. The highest BCUT2D eigenvalue weighted by Gasteiger charge is 2.67. The summed E-state index contributed by atoms with van der Waals surface area (Å²) in [5.41, 5.74) is 0.788. The van der Waals surface area contributed by atoms with E-state index in [1.807, 2.05) is 25.1 Å². The smallest absolute Gasteiger partial charge is 0.332 e. The van der Waals surface area contributed by atoms with Gasteiger partial charge in [-0.05, 0) is 51.5 Å². The van der Waals surface area contributed by atoms with Crippen LogP contribution in [0.1, 0.15) is 37.4 Å². The van der Waals surface area contributed by atoms with Crippen LogP contribution in [0.3, 0.4) is 0 Å². The number of aryl methyl sites for hydroxylation is 1. The van der Waals surface area contributed by atoms with Crippen molar-refractivity contribution in [2.75, 3.05) is 25.7 Å². The first kappa shape index (κ1) is 22.6.